The molecule has 0 bridgehead atoms. The first-order valence-electron chi connectivity index (χ1n) is 20.7. The highest BCUT2D eigenvalue weighted by Crippen LogP contribution is 2.43. The fourth-order valence-electron chi connectivity index (χ4n) is 5.38. The standard InChI is InChI=1S/C42H78NO8P/c1-6-8-10-12-14-16-18-19-20-21-22-23-25-26-28-30-32-34-41(44)48-38-40(39-50-52(46,47)49-37-36-43(3,4)5)51-42(45)35-33-31-29-27-24-17-15-13-11-9-7-2/h19-20,22-23,26,28,40H,6-18,21,24-25,27,29-39H2,1-5H3/p+1/b20-19+,23-22+,28-26+/t40-/m0/s1. The van der Waals surface area contributed by atoms with Crippen LogP contribution in [0.15, 0.2) is 36.5 Å². The lowest BCUT2D eigenvalue weighted by molar-refractivity contribution is -0.870. The number of carbonyl (C=O) groups excluding carboxylic acids is 2. The summed E-state index contributed by atoms with van der Waals surface area (Å²) in [5, 5.41) is 0. The number of esters is 2. The molecule has 0 aliphatic rings. The Labute approximate surface area is 319 Å². The van der Waals surface area contributed by atoms with E-state index in [0.29, 0.717) is 23.9 Å². The highest BCUT2D eigenvalue weighted by Gasteiger charge is 2.27. The van der Waals surface area contributed by atoms with Gasteiger partial charge in [0.25, 0.3) is 0 Å². The second kappa shape index (κ2) is 35.0. The van der Waals surface area contributed by atoms with Gasteiger partial charge in [-0.05, 0) is 44.9 Å². The lowest BCUT2D eigenvalue weighted by Gasteiger charge is -2.24. The van der Waals surface area contributed by atoms with Gasteiger partial charge in [0.15, 0.2) is 6.10 Å². The van der Waals surface area contributed by atoms with E-state index in [1.165, 1.54) is 96.3 Å². The molecule has 1 N–H and O–H groups in total. The summed E-state index contributed by atoms with van der Waals surface area (Å²) in [4.78, 5) is 35.2. The zero-order valence-electron chi connectivity index (χ0n) is 34.0. The Morgan fingerprint density at radius 2 is 1.06 bits per heavy atom. The number of quaternary nitrogens is 1. The van der Waals surface area contributed by atoms with Crippen molar-refractivity contribution in [3.8, 4) is 0 Å². The first kappa shape index (κ1) is 50.2. The van der Waals surface area contributed by atoms with Crippen LogP contribution in [0.2, 0.25) is 0 Å². The van der Waals surface area contributed by atoms with Crippen LogP contribution in [0, 0.1) is 0 Å². The minimum absolute atomic E-state index is 0.0248. The molecule has 0 radical (unpaired) electrons. The van der Waals surface area contributed by atoms with E-state index in [1.807, 2.05) is 21.1 Å². The number of allylic oxidation sites excluding steroid dienone is 6. The maximum atomic E-state index is 12.6. The summed E-state index contributed by atoms with van der Waals surface area (Å²) in [6.45, 7) is 4.34. The Kier molecular flexibility index (Phi) is 33.8. The normalized spacial score (nSPS) is 14.0. The Morgan fingerprint density at radius 3 is 1.60 bits per heavy atom. The van der Waals surface area contributed by atoms with Gasteiger partial charge in [0, 0.05) is 12.8 Å². The van der Waals surface area contributed by atoms with Crippen molar-refractivity contribution in [2.75, 3.05) is 47.5 Å². The molecule has 1 unspecified atom stereocenters. The third-order valence-electron chi connectivity index (χ3n) is 8.67. The van der Waals surface area contributed by atoms with Gasteiger partial charge in [-0.2, -0.15) is 0 Å². The predicted molar refractivity (Wildman–Crippen MR) is 215 cm³/mol. The lowest BCUT2D eigenvalue weighted by Crippen LogP contribution is -2.37. The number of rotatable bonds is 37. The van der Waals surface area contributed by atoms with Gasteiger partial charge in [-0.25, -0.2) is 4.57 Å². The van der Waals surface area contributed by atoms with E-state index in [1.54, 1.807) is 0 Å². The predicted octanol–water partition coefficient (Wildman–Crippen LogP) is 11.4. The van der Waals surface area contributed by atoms with Gasteiger partial charge in [-0.3, -0.25) is 18.6 Å². The Hall–Kier alpha value is -1.77. The van der Waals surface area contributed by atoms with Crippen molar-refractivity contribution in [2.45, 2.75) is 174 Å². The first-order chi connectivity index (χ1) is 25.0. The molecular weight excluding hydrogens is 677 g/mol. The summed E-state index contributed by atoms with van der Waals surface area (Å²) in [5.74, 6) is -0.860. The van der Waals surface area contributed by atoms with Gasteiger partial charge in [-0.1, -0.05) is 147 Å². The van der Waals surface area contributed by atoms with E-state index in [-0.39, 0.29) is 26.1 Å². The molecule has 0 heterocycles. The largest absolute Gasteiger partial charge is 0.472 e. The molecule has 0 spiro atoms. The third-order valence-corrected chi connectivity index (χ3v) is 9.66. The molecule has 0 aromatic carbocycles. The maximum Gasteiger partial charge on any atom is 0.472 e. The summed E-state index contributed by atoms with van der Waals surface area (Å²) in [6, 6.07) is 0. The molecule has 10 heteroatoms. The van der Waals surface area contributed by atoms with Crippen LogP contribution >= 0.6 is 7.82 Å². The number of hydrogen-bond acceptors (Lipinski definition) is 7. The number of carbonyl (C=O) groups is 2. The summed E-state index contributed by atoms with van der Waals surface area (Å²) >= 11 is 0. The molecule has 304 valence electrons. The Bertz CT molecular complexity index is 991. The second-order valence-electron chi connectivity index (χ2n) is 15.0. The van der Waals surface area contributed by atoms with E-state index in [4.69, 9.17) is 18.5 Å². The molecule has 0 aromatic rings. The molecule has 0 saturated carbocycles. The van der Waals surface area contributed by atoms with Crippen LogP contribution in [0.5, 0.6) is 0 Å². The SMILES string of the molecule is CCCCCCCC/C=C/C/C=C/C/C=C/CCCC(=O)OC[C@@H](COP(=O)(O)OCC[N+](C)(C)C)OC(=O)CCCCCCCCCCCCC. The number of nitrogens with zero attached hydrogens (tertiary/aromatic N) is 1. The van der Waals surface area contributed by atoms with Crippen LogP contribution in [0.3, 0.4) is 0 Å². The van der Waals surface area contributed by atoms with Crippen LogP contribution in [0.4, 0.5) is 0 Å². The topological polar surface area (TPSA) is 108 Å². The summed E-state index contributed by atoms with van der Waals surface area (Å²) in [5.41, 5.74) is 0. The number of likely N-dealkylation sites (N-methyl/N-ethyl adjacent to an activating group) is 1. The quantitative estimate of drug-likeness (QED) is 0.0219. The minimum Gasteiger partial charge on any atom is -0.462 e. The van der Waals surface area contributed by atoms with Crippen molar-refractivity contribution >= 4 is 19.8 Å². The lowest BCUT2D eigenvalue weighted by atomic mass is 10.1. The minimum atomic E-state index is -4.38. The highest BCUT2D eigenvalue weighted by atomic mass is 31.2. The molecule has 0 aliphatic heterocycles. The smallest absolute Gasteiger partial charge is 0.462 e. The van der Waals surface area contributed by atoms with E-state index in [0.717, 1.165) is 32.1 Å². The highest BCUT2D eigenvalue weighted by molar-refractivity contribution is 7.47. The maximum absolute atomic E-state index is 12.6. The molecule has 0 aliphatic carbocycles. The van der Waals surface area contributed by atoms with Crippen molar-refractivity contribution in [3.05, 3.63) is 36.5 Å². The van der Waals surface area contributed by atoms with Gasteiger partial charge in [0.1, 0.15) is 19.8 Å². The molecule has 0 rings (SSSR count). The molecular formula is C42H79NO8P+. The summed E-state index contributed by atoms with van der Waals surface area (Å²) in [7, 11) is 1.45. The molecule has 0 fully saturated rings. The molecule has 0 aromatic heterocycles. The van der Waals surface area contributed by atoms with Crippen molar-refractivity contribution < 1.29 is 42.1 Å². The average molecular weight is 757 g/mol. The molecule has 52 heavy (non-hydrogen) atoms. The van der Waals surface area contributed by atoms with Crippen LogP contribution < -0.4 is 0 Å². The molecule has 0 saturated heterocycles. The van der Waals surface area contributed by atoms with Crippen molar-refractivity contribution in [1.82, 2.24) is 0 Å². The molecule has 0 amide bonds. The first-order valence-corrected chi connectivity index (χ1v) is 22.2. The van der Waals surface area contributed by atoms with Gasteiger partial charge in [0.2, 0.25) is 0 Å². The third kappa shape index (κ3) is 38.0. The van der Waals surface area contributed by atoms with Crippen molar-refractivity contribution in [1.29, 1.82) is 0 Å². The zero-order chi connectivity index (χ0) is 38.6. The van der Waals surface area contributed by atoms with Crippen molar-refractivity contribution in [2.24, 2.45) is 0 Å². The average Bonchev–Trinajstić information content (AvgIpc) is 3.09. The number of phosphoric acid groups is 1. The van der Waals surface area contributed by atoms with E-state index in [2.05, 4.69) is 50.3 Å². The van der Waals surface area contributed by atoms with Crippen LogP contribution in [-0.4, -0.2) is 74.9 Å². The molecule has 2 atom stereocenters. The summed E-state index contributed by atoms with van der Waals surface area (Å²) < 4.78 is 34.1. The molecule has 9 nitrogen and oxygen atoms in total. The van der Waals surface area contributed by atoms with E-state index in [9.17, 15) is 19.0 Å². The zero-order valence-corrected chi connectivity index (χ0v) is 34.9. The monoisotopic (exact) mass is 757 g/mol. The fourth-order valence-corrected chi connectivity index (χ4v) is 6.12. The van der Waals surface area contributed by atoms with Crippen molar-refractivity contribution in [3.63, 3.8) is 0 Å². The number of phosphoric ester groups is 1. The van der Waals surface area contributed by atoms with Gasteiger partial charge in [0.05, 0.1) is 27.7 Å². The number of ether oxygens (including phenoxy) is 2. The van der Waals surface area contributed by atoms with Gasteiger partial charge in [-0.15, -0.1) is 0 Å². The van der Waals surface area contributed by atoms with E-state index >= 15 is 0 Å². The number of hydrogen-bond donors (Lipinski definition) is 1. The van der Waals surface area contributed by atoms with Gasteiger partial charge >= 0.3 is 19.8 Å². The summed E-state index contributed by atoms with van der Waals surface area (Å²) in [6.07, 6.45) is 37.7. The van der Waals surface area contributed by atoms with Crippen LogP contribution in [0.25, 0.3) is 0 Å². The Morgan fingerprint density at radius 1 is 0.596 bits per heavy atom. The Balaban J connectivity index is 4.46. The van der Waals surface area contributed by atoms with E-state index < -0.39 is 32.5 Å². The van der Waals surface area contributed by atoms with Crippen LogP contribution in [0.1, 0.15) is 168 Å². The fraction of sp³-hybridized carbons (Fsp3) is 0.810. The van der Waals surface area contributed by atoms with Gasteiger partial charge < -0.3 is 18.9 Å². The second-order valence-corrected chi connectivity index (χ2v) is 16.5. The van der Waals surface area contributed by atoms with Crippen LogP contribution in [-0.2, 0) is 32.7 Å². The number of unbranched alkanes of at least 4 members (excludes halogenated alkanes) is 17.